The zero-order valence-corrected chi connectivity index (χ0v) is 13.6. The molecule has 0 radical (unpaired) electrons. The lowest BCUT2D eigenvalue weighted by Crippen LogP contribution is -2.37. The molecular weight excluding hydrogens is 302 g/mol. The topological polar surface area (TPSA) is 54.9 Å². The van der Waals surface area contributed by atoms with Crippen molar-refractivity contribution in [2.24, 2.45) is 4.99 Å². The summed E-state index contributed by atoms with van der Waals surface area (Å²) in [6, 6.07) is 3.88. The molecule has 0 atom stereocenters. The Balaban J connectivity index is 1.98. The van der Waals surface area contributed by atoms with E-state index in [9.17, 15) is 0 Å². The maximum absolute atomic E-state index is 6.23. The Morgan fingerprint density at radius 2 is 2.18 bits per heavy atom. The maximum Gasteiger partial charge on any atom is 0.191 e. The fourth-order valence-electron chi connectivity index (χ4n) is 2.12. The van der Waals surface area contributed by atoms with E-state index >= 15 is 0 Å². The van der Waals surface area contributed by atoms with Gasteiger partial charge in [-0.2, -0.15) is 0 Å². The molecule has 0 saturated carbocycles. The molecule has 0 saturated heterocycles. The number of hydrogen-bond acceptors (Lipinski definition) is 3. The second-order valence-electron chi connectivity index (χ2n) is 4.78. The van der Waals surface area contributed by atoms with Gasteiger partial charge in [0.1, 0.15) is 13.2 Å². The smallest absolute Gasteiger partial charge is 0.191 e. The molecule has 6 heteroatoms. The van der Waals surface area contributed by atoms with Gasteiger partial charge in [-0.25, -0.2) is 0 Å². The summed E-state index contributed by atoms with van der Waals surface area (Å²) in [4.78, 5) is 4.52. The highest BCUT2D eigenvalue weighted by Crippen LogP contribution is 2.38. The van der Waals surface area contributed by atoms with Gasteiger partial charge in [0, 0.05) is 19.6 Å². The van der Waals surface area contributed by atoms with Crippen molar-refractivity contribution in [2.45, 2.75) is 13.3 Å². The van der Waals surface area contributed by atoms with Crippen LogP contribution in [0.1, 0.15) is 12.5 Å². The molecule has 1 aliphatic heterocycles. The molecule has 0 aliphatic carbocycles. The summed E-state index contributed by atoms with van der Waals surface area (Å²) < 4.78 is 11.1. The molecule has 0 unspecified atom stereocenters. The molecule has 0 amide bonds. The molecule has 2 N–H and O–H groups in total. The van der Waals surface area contributed by atoms with Gasteiger partial charge >= 0.3 is 0 Å². The normalized spacial score (nSPS) is 13.6. The molecule has 1 aromatic carbocycles. The fraction of sp³-hybridized carbons (Fsp3) is 0.438. The monoisotopic (exact) mass is 323 g/mol. The number of rotatable bonds is 6. The minimum atomic E-state index is 0.539. The van der Waals surface area contributed by atoms with Crippen LogP contribution >= 0.6 is 11.6 Å². The fourth-order valence-corrected chi connectivity index (χ4v) is 2.40. The standard InChI is InChI=1S/C16H22ClN3O2/c1-3-6-19-16(18-4-2)20-7-5-12-10-13(17)15-14(11-12)21-8-9-22-15/h3,10-11H,1,4-9H2,2H3,(H2,18,19,20). The first-order valence-corrected chi connectivity index (χ1v) is 7.83. The Kier molecular flexibility index (Phi) is 6.40. The summed E-state index contributed by atoms with van der Waals surface area (Å²) in [5.74, 6) is 2.14. The van der Waals surface area contributed by atoms with Crippen molar-refractivity contribution in [3.05, 3.63) is 35.4 Å². The van der Waals surface area contributed by atoms with E-state index in [1.54, 1.807) is 6.08 Å². The molecule has 5 nitrogen and oxygen atoms in total. The van der Waals surface area contributed by atoms with Crippen LogP contribution in [0.3, 0.4) is 0 Å². The van der Waals surface area contributed by atoms with Gasteiger partial charge in [0.05, 0.1) is 5.02 Å². The first-order valence-electron chi connectivity index (χ1n) is 7.45. The van der Waals surface area contributed by atoms with Gasteiger partial charge in [0.25, 0.3) is 0 Å². The third-order valence-corrected chi connectivity index (χ3v) is 3.37. The summed E-state index contributed by atoms with van der Waals surface area (Å²) in [6.07, 6.45) is 2.58. The van der Waals surface area contributed by atoms with Crippen LogP contribution < -0.4 is 20.1 Å². The predicted molar refractivity (Wildman–Crippen MR) is 90.3 cm³/mol. The lowest BCUT2D eigenvalue weighted by atomic mass is 10.1. The Bertz CT molecular complexity index is 546. The zero-order valence-electron chi connectivity index (χ0n) is 12.8. The van der Waals surface area contributed by atoms with E-state index < -0.39 is 0 Å². The van der Waals surface area contributed by atoms with Crippen molar-refractivity contribution >= 4 is 17.6 Å². The number of nitrogens with one attached hydrogen (secondary N) is 2. The highest BCUT2D eigenvalue weighted by molar-refractivity contribution is 6.32. The second-order valence-corrected chi connectivity index (χ2v) is 5.19. The van der Waals surface area contributed by atoms with Crippen LogP contribution in [-0.4, -0.2) is 38.8 Å². The molecule has 1 heterocycles. The number of fused-ring (bicyclic) bond motifs is 1. The lowest BCUT2D eigenvalue weighted by Gasteiger charge is -2.20. The number of aliphatic imine (C=N–C) groups is 1. The van der Waals surface area contributed by atoms with Crippen molar-refractivity contribution in [3.8, 4) is 11.5 Å². The Labute approximate surface area is 136 Å². The molecule has 1 aliphatic rings. The van der Waals surface area contributed by atoms with Gasteiger partial charge in [0.15, 0.2) is 17.5 Å². The minimum absolute atomic E-state index is 0.539. The molecule has 0 aromatic heterocycles. The first kappa shape index (κ1) is 16.5. The van der Waals surface area contributed by atoms with E-state index in [4.69, 9.17) is 21.1 Å². The van der Waals surface area contributed by atoms with Crippen molar-refractivity contribution in [1.82, 2.24) is 10.6 Å². The van der Waals surface area contributed by atoms with Gasteiger partial charge < -0.3 is 20.1 Å². The van der Waals surface area contributed by atoms with Crippen molar-refractivity contribution in [1.29, 1.82) is 0 Å². The first-order chi connectivity index (χ1) is 10.7. The molecule has 0 bridgehead atoms. The van der Waals surface area contributed by atoms with Gasteiger partial charge in [-0.1, -0.05) is 17.7 Å². The zero-order chi connectivity index (χ0) is 15.8. The van der Waals surface area contributed by atoms with E-state index in [-0.39, 0.29) is 0 Å². The van der Waals surface area contributed by atoms with Gasteiger partial charge in [0.2, 0.25) is 0 Å². The highest BCUT2D eigenvalue weighted by atomic mass is 35.5. The average molecular weight is 324 g/mol. The van der Waals surface area contributed by atoms with E-state index in [1.165, 1.54) is 0 Å². The number of nitrogens with zero attached hydrogens (tertiary/aromatic N) is 1. The van der Waals surface area contributed by atoms with Crippen LogP contribution in [0.4, 0.5) is 0 Å². The van der Waals surface area contributed by atoms with Crippen LogP contribution in [0.2, 0.25) is 5.02 Å². The molecule has 1 aromatic rings. The summed E-state index contributed by atoms with van der Waals surface area (Å²) >= 11 is 6.23. The van der Waals surface area contributed by atoms with E-state index in [1.807, 2.05) is 19.1 Å². The summed E-state index contributed by atoms with van der Waals surface area (Å²) in [5.41, 5.74) is 1.08. The summed E-state index contributed by atoms with van der Waals surface area (Å²) in [5, 5.41) is 6.94. The molecule has 22 heavy (non-hydrogen) atoms. The van der Waals surface area contributed by atoms with Gasteiger partial charge in [-0.3, -0.25) is 4.99 Å². The molecule has 0 fully saturated rings. The van der Waals surface area contributed by atoms with Crippen LogP contribution in [0.15, 0.2) is 29.8 Å². The van der Waals surface area contributed by atoms with Crippen LogP contribution in [-0.2, 0) is 6.42 Å². The molecule has 0 spiro atoms. The predicted octanol–water partition coefficient (Wildman–Crippen LogP) is 2.39. The van der Waals surface area contributed by atoms with E-state index in [2.05, 4.69) is 22.2 Å². The Morgan fingerprint density at radius 1 is 1.36 bits per heavy atom. The number of hydrogen-bond donors (Lipinski definition) is 2. The summed E-state index contributed by atoms with van der Waals surface area (Å²) in [6.45, 7) is 8.97. The largest absolute Gasteiger partial charge is 0.486 e. The highest BCUT2D eigenvalue weighted by Gasteiger charge is 2.16. The number of benzene rings is 1. The van der Waals surface area contributed by atoms with Crippen molar-refractivity contribution in [2.75, 3.05) is 32.8 Å². The lowest BCUT2D eigenvalue weighted by molar-refractivity contribution is 0.171. The second kappa shape index (κ2) is 8.54. The third kappa shape index (κ3) is 4.56. The SMILES string of the molecule is C=CCNC(=NCCc1cc(Cl)c2c(c1)OCCO2)NCC. The molecular formula is C16H22ClN3O2. The number of ether oxygens (including phenoxy) is 2. The maximum atomic E-state index is 6.23. The number of halogens is 1. The quantitative estimate of drug-likeness (QED) is 0.479. The Morgan fingerprint density at radius 3 is 2.95 bits per heavy atom. The van der Waals surface area contributed by atoms with Crippen LogP contribution in [0.5, 0.6) is 11.5 Å². The average Bonchev–Trinajstić information content (AvgIpc) is 2.52. The minimum Gasteiger partial charge on any atom is -0.486 e. The van der Waals surface area contributed by atoms with Crippen LogP contribution in [0, 0.1) is 0 Å². The molecule has 2 rings (SSSR count). The third-order valence-electron chi connectivity index (χ3n) is 3.09. The Hall–Kier alpha value is -1.88. The van der Waals surface area contributed by atoms with Gasteiger partial charge in [-0.15, -0.1) is 6.58 Å². The number of guanidine groups is 1. The summed E-state index contributed by atoms with van der Waals surface area (Å²) in [7, 11) is 0. The van der Waals surface area contributed by atoms with Crippen molar-refractivity contribution < 1.29 is 9.47 Å². The van der Waals surface area contributed by atoms with E-state index in [0.29, 0.717) is 37.1 Å². The van der Waals surface area contributed by atoms with Crippen LogP contribution in [0.25, 0.3) is 0 Å². The van der Waals surface area contributed by atoms with Gasteiger partial charge in [-0.05, 0) is 31.0 Å². The molecule has 120 valence electrons. The van der Waals surface area contributed by atoms with E-state index in [0.717, 1.165) is 30.2 Å². The van der Waals surface area contributed by atoms with Crippen molar-refractivity contribution in [3.63, 3.8) is 0 Å².